The molecule has 0 aromatic rings. The van der Waals surface area contributed by atoms with Crippen LogP contribution in [0.25, 0.3) is 0 Å². The van der Waals surface area contributed by atoms with Crippen LogP contribution in [-0.4, -0.2) is 42.3 Å². The van der Waals surface area contributed by atoms with Crippen LogP contribution in [0.5, 0.6) is 0 Å². The van der Waals surface area contributed by atoms with E-state index in [-0.39, 0.29) is 11.0 Å². The Balaban J connectivity index is 1.53. The van der Waals surface area contributed by atoms with Crippen LogP contribution >= 0.6 is 0 Å². The van der Waals surface area contributed by atoms with Crippen LogP contribution < -0.4 is 5.73 Å². The summed E-state index contributed by atoms with van der Waals surface area (Å²) in [6.45, 7) is 7.95. The number of nitrogens with zero attached hydrogens (tertiary/aromatic N) is 1. The molecule has 2 aliphatic carbocycles. The van der Waals surface area contributed by atoms with Gasteiger partial charge in [-0.15, -0.1) is 0 Å². The Morgan fingerprint density at radius 2 is 1.95 bits per heavy atom. The van der Waals surface area contributed by atoms with Gasteiger partial charge in [0.05, 0.1) is 6.10 Å². The average molecular weight is 278 g/mol. The first-order chi connectivity index (χ1) is 9.54. The molecule has 3 nitrogen and oxygen atoms in total. The lowest BCUT2D eigenvalue weighted by Crippen LogP contribution is -2.78. The molecule has 5 atom stereocenters. The van der Waals surface area contributed by atoms with E-state index in [0.29, 0.717) is 12.0 Å². The van der Waals surface area contributed by atoms with Crippen molar-refractivity contribution in [1.29, 1.82) is 0 Å². The zero-order valence-corrected chi connectivity index (χ0v) is 13.1. The molecule has 2 saturated carbocycles. The number of rotatable bonds is 2. The maximum absolute atomic E-state index is 6.96. The van der Waals surface area contributed by atoms with Crippen LogP contribution in [0, 0.1) is 17.3 Å². The zero-order valence-electron chi connectivity index (χ0n) is 13.1. The summed E-state index contributed by atoms with van der Waals surface area (Å²) in [5.74, 6) is 1.56. The summed E-state index contributed by atoms with van der Waals surface area (Å²) in [5, 5.41) is 0. The minimum Gasteiger partial charge on any atom is -0.377 e. The van der Waals surface area contributed by atoms with E-state index >= 15 is 0 Å². The maximum Gasteiger partial charge on any atom is 0.0691 e. The number of piperidine rings is 1. The van der Waals surface area contributed by atoms with Crippen molar-refractivity contribution in [1.82, 2.24) is 4.90 Å². The second-order valence-corrected chi connectivity index (χ2v) is 8.32. The minimum atomic E-state index is -0.0291. The molecular formula is C17H30N2O. The first kappa shape index (κ1) is 13.5. The molecule has 20 heavy (non-hydrogen) atoms. The third kappa shape index (κ3) is 1.63. The SMILES string of the molecule is CC1(C)C2OCCC2C1(N)CN1CCCC2CCCC21. The van der Waals surface area contributed by atoms with Gasteiger partial charge in [-0.25, -0.2) is 0 Å². The molecule has 2 saturated heterocycles. The maximum atomic E-state index is 6.96. The van der Waals surface area contributed by atoms with Crippen LogP contribution in [0.4, 0.5) is 0 Å². The van der Waals surface area contributed by atoms with Crippen molar-refractivity contribution in [2.45, 2.75) is 70.1 Å². The number of likely N-dealkylation sites (tertiary alicyclic amines) is 1. The van der Waals surface area contributed by atoms with Crippen molar-refractivity contribution in [2.75, 3.05) is 19.7 Å². The molecule has 2 aliphatic heterocycles. The Bertz CT molecular complexity index is 396. The van der Waals surface area contributed by atoms with Gasteiger partial charge in [-0.3, -0.25) is 4.90 Å². The van der Waals surface area contributed by atoms with Gasteiger partial charge in [-0.2, -0.15) is 0 Å². The predicted octanol–water partition coefficient (Wildman–Crippen LogP) is 2.39. The van der Waals surface area contributed by atoms with Crippen molar-refractivity contribution in [3.63, 3.8) is 0 Å². The van der Waals surface area contributed by atoms with Crippen LogP contribution in [-0.2, 0) is 4.74 Å². The molecule has 0 bridgehead atoms. The van der Waals surface area contributed by atoms with Gasteiger partial charge in [0, 0.05) is 36.1 Å². The van der Waals surface area contributed by atoms with Crippen molar-refractivity contribution in [3.05, 3.63) is 0 Å². The highest BCUT2D eigenvalue weighted by Crippen LogP contribution is 2.58. The zero-order chi connectivity index (χ0) is 14.0. The quantitative estimate of drug-likeness (QED) is 0.843. The highest BCUT2D eigenvalue weighted by atomic mass is 16.5. The third-order valence-corrected chi connectivity index (χ3v) is 7.24. The number of ether oxygens (including phenoxy) is 1. The Labute approximate surface area is 123 Å². The van der Waals surface area contributed by atoms with E-state index < -0.39 is 0 Å². The molecule has 2 N–H and O–H groups in total. The Hall–Kier alpha value is -0.120. The summed E-state index contributed by atoms with van der Waals surface area (Å²) in [7, 11) is 0. The second kappa shape index (κ2) is 4.44. The molecule has 0 aromatic carbocycles. The van der Waals surface area contributed by atoms with Gasteiger partial charge in [0.25, 0.3) is 0 Å². The molecule has 0 amide bonds. The largest absolute Gasteiger partial charge is 0.377 e. The lowest BCUT2D eigenvalue weighted by molar-refractivity contribution is -0.167. The third-order valence-electron chi connectivity index (χ3n) is 7.24. The Kier molecular flexibility index (Phi) is 3.00. The Morgan fingerprint density at radius 3 is 2.80 bits per heavy atom. The molecule has 4 rings (SSSR count). The normalized spacial score (nSPS) is 50.5. The number of hydrogen-bond acceptors (Lipinski definition) is 3. The summed E-state index contributed by atoms with van der Waals surface area (Å²) in [6.07, 6.45) is 8.72. The topological polar surface area (TPSA) is 38.5 Å². The molecule has 4 aliphatic rings. The van der Waals surface area contributed by atoms with E-state index in [0.717, 1.165) is 25.1 Å². The first-order valence-corrected chi connectivity index (χ1v) is 8.68. The summed E-state index contributed by atoms with van der Waals surface area (Å²) >= 11 is 0. The van der Waals surface area contributed by atoms with Gasteiger partial charge >= 0.3 is 0 Å². The van der Waals surface area contributed by atoms with E-state index in [1.54, 1.807) is 0 Å². The van der Waals surface area contributed by atoms with E-state index in [9.17, 15) is 0 Å². The highest BCUT2D eigenvalue weighted by molar-refractivity contribution is 5.22. The molecule has 3 heteroatoms. The predicted molar refractivity (Wildman–Crippen MR) is 80.5 cm³/mol. The van der Waals surface area contributed by atoms with E-state index in [4.69, 9.17) is 10.5 Å². The molecule has 0 radical (unpaired) electrons. The monoisotopic (exact) mass is 278 g/mol. The van der Waals surface area contributed by atoms with Gasteiger partial charge in [0.15, 0.2) is 0 Å². The smallest absolute Gasteiger partial charge is 0.0691 e. The van der Waals surface area contributed by atoms with Crippen LogP contribution in [0.2, 0.25) is 0 Å². The summed E-state index contributed by atoms with van der Waals surface area (Å²) in [5.41, 5.74) is 7.07. The lowest BCUT2D eigenvalue weighted by Gasteiger charge is -2.64. The Morgan fingerprint density at radius 1 is 1.15 bits per heavy atom. The van der Waals surface area contributed by atoms with Crippen LogP contribution in [0.15, 0.2) is 0 Å². The van der Waals surface area contributed by atoms with Crippen molar-refractivity contribution >= 4 is 0 Å². The molecule has 4 fully saturated rings. The van der Waals surface area contributed by atoms with Gasteiger partial charge in [-0.05, 0) is 44.6 Å². The fraction of sp³-hybridized carbons (Fsp3) is 1.00. The van der Waals surface area contributed by atoms with Crippen LogP contribution in [0.3, 0.4) is 0 Å². The number of hydrogen-bond donors (Lipinski definition) is 1. The number of fused-ring (bicyclic) bond motifs is 2. The first-order valence-electron chi connectivity index (χ1n) is 8.68. The standard InChI is InChI=1S/C17H30N2O/c1-16(2)15-13(8-10-20-15)17(16,18)11-19-9-4-6-12-5-3-7-14(12)19/h12-15H,3-11,18H2,1-2H3. The van der Waals surface area contributed by atoms with E-state index in [1.165, 1.54) is 45.1 Å². The van der Waals surface area contributed by atoms with Gasteiger partial charge in [-0.1, -0.05) is 20.3 Å². The van der Waals surface area contributed by atoms with E-state index in [1.807, 2.05) is 0 Å². The molecule has 5 unspecified atom stereocenters. The van der Waals surface area contributed by atoms with Crippen molar-refractivity contribution in [3.8, 4) is 0 Å². The van der Waals surface area contributed by atoms with Crippen molar-refractivity contribution in [2.24, 2.45) is 23.0 Å². The number of nitrogens with two attached hydrogens (primary N) is 1. The minimum absolute atomic E-state index is 0.0291. The molecular weight excluding hydrogens is 248 g/mol. The summed E-state index contributed by atoms with van der Waals surface area (Å²) < 4.78 is 5.94. The highest BCUT2D eigenvalue weighted by Gasteiger charge is 2.68. The fourth-order valence-corrected chi connectivity index (χ4v) is 5.89. The average Bonchev–Trinajstić information content (AvgIpc) is 3.07. The molecule has 0 spiro atoms. The van der Waals surface area contributed by atoms with E-state index in [2.05, 4.69) is 18.7 Å². The van der Waals surface area contributed by atoms with Crippen molar-refractivity contribution < 1.29 is 4.74 Å². The molecule has 2 heterocycles. The molecule has 0 aromatic heterocycles. The lowest BCUT2D eigenvalue weighted by atomic mass is 9.48. The van der Waals surface area contributed by atoms with Gasteiger partial charge < -0.3 is 10.5 Å². The van der Waals surface area contributed by atoms with Gasteiger partial charge in [0.2, 0.25) is 0 Å². The van der Waals surface area contributed by atoms with Gasteiger partial charge in [0.1, 0.15) is 0 Å². The summed E-state index contributed by atoms with van der Waals surface area (Å²) in [6, 6.07) is 0.835. The summed E-state index contributed by atoms with van der Waals surface area (Å²) in [4.78, 5) is 2.76. The van der Waals surface area contributed by atoms with Crippen LogP contribution in [0.1, 0.15) is 52.4 Å². The fourth-order valence-electron chi connectivity index (χ4n) is 5.89. The molecule has 114 valence electrons. The second-order valence-electron chi connectivity index (χ2n) is 8.32.